The molecule has 0 aromatic heterocycles. The smallest absolute Gasteiger partial charge is 0.191 e. The second-order valence-electron chi connectivity index (χ2n) is 5.76. The molecule has 1 fully saturated rings. The van der Waals surface area contributed by atoms with Crippen molar-refractivity contribution in [2.24, 2.45) is 4.99 Å². The molecular weight excluding hydrogens is 236 g/mol. The third kappa shape index (κ3) is 8.09. The molecule has 0 bridgehead atoms. The van der Waals surface area contributed by atoms with Crippen molar-refractivity contribution >= 4 is 5.96 Å². The van der Waals surface area contributed by atoms with Crippen LogP contribution in [0.3, 0.4) is 0 Å². The van der Waals surface area contributed by atoms with E-state index in [-0.39, 0.29) is 0 Å². The van der Waals surface area contributed by atoms with Crippen LogP contribution in [0.4, 0.5) is 0 Å². The molecule has 4 nitrogen and oxygen atoms in total. The van der Waals surface area contributed by atoms with E-state index in [0.717, 1.165) is 12.5 Å². The van der Waals surface area contributed by atoms with E-state index in [9.17, 15) is 0 Å². The minimum Gasteiger partial charge on any atom is -0.356 e. The highest BCUT2D eigenvalue weighted by Gasteiger charge is 2.08. The largest absolute Gasteiger partial charge is 0.356 e. The molecule has 0 saturated carbocycles. The van der Waals surface area contributed by atoms with E-state index in [4.69, 9.17) is 0 Å². The van der Waals surface area contributed by atoms with Gasteiger partial charge in [0, 0.05) is 19.6 Å². The molecule has 0 aliphatic carbocycles. The standard InChI is InChI=1S/C15H32N4/c1-14(2)18-15(16-3)17-10-6-4-7-11-19-12-8-5-9-13-19/h14H,4-13H2,1-3H3,(H2,16,17,18). The predicted molar refractivity (Wildman–Crippen MR) is 83.8 cm³/mol. The van der Waals surface area contributed by atoms with Gasteiger partial charge in [-0.05, 0) is 59.2 Å². The number of unbranched alkanes of at least 4 members (excludes halogenated alkanes) is 2. The summed E-state index contributed by atoms with van der Waals surface area (Å²) in [6, 6.07) is 0.435. The van der Waals surface area contributed by atoms with E-state index in [1.807, 2.05) is 7.05 Å². The van der Waals surface area contributed by atoms with Crippen LogP contribution in [0.1, 0.15) is 52.4 Å². The Bertz CT molecular complexity index is 245. The molecule has 0 radical (unpaired) electrons. The van der Waals surface area contributed by atoms with Crippen LogP contribution in [0.15, 0.2) is 4.99 Å². The Morgan fingerprint density at radius 2 is 1.84 bits per heavy atom. The fourth-order valence-corrected chi connectivity index (χ4v) is 2.50. The van der Waals surface area contributed by atoms with Gasteiger partial charge in [0.15, 0.2) is 5.96 Å². The molecule has 0 spiro atoms. The third-order valence-corrected chi connectivity index (χ3v) is 3.54. The second kappa shape index (κ2) is 10.1. The average Bonchev–Trinajstić information content (AvgIpc) is 2.42. The van der Waals surface area contributed by atoms with Gasteiger partial charge in [-0.15, -0.1) is 0 Å². The van der Waals surface area contributed by atoms with Crippen LogP contribution in [0.5, 0.6) is 0 Å². The molecule has 19 heavy (non-hydrogen) atoms. The van der Waals surface area contributed by atoms with Crippen molar-refractivity contribution in [2.45, 2.75) is 58.4 Å². The summed E-state index contributed by atoms with van der Waals surface area (Å²) in [5.41, 5.74) is 0. The lowest BCUT2D eigenvalue weighted by molar-refractivity contribution is 0.224. The molecule has 1 saturated heterocycles. The van der Waals surface area contributed by atoms with Gasteiger partial charge in [-0.1, -0.05) is 12.8 Å². The molecule has 0 aromatic carbocycles. The van der Waals surface area contributed by atoms with Crippen molar-refractivity contribution in [2.75, 3.05) is 33.2 Å². The first kappa shape index (κ1) is 16.3. The Balaban J connectivity index is 1.95. The molecule has 1 rings (SSSR count). The Kier molecular flexibility index (Phi) is 8.63. The molecule has 0 unspecified atom stereocenters. The summed E-state index contributed by atoms with van der Waals surface area (Å²) in [6.45, 7) is 9.22. The van der Waals surface area contributed by atoms with Crippen LogP contribution < -0.4 is 10.6 Å². The molecule has 0 aromatic rings. The highest BCUT2D eigenvalue weighted by atomic mass is 15.2. The molecule has 1 heterocycles. The van der Waals surface area contributed by atoms with Crippen LogP contribution in [-0.4, -0.2) is 50.1 Å². The first-order valence-electron chi connectivity index (χ1n) is 7.92. The number of aliphatic imine (C=N–C) groups is 1. The van der Waals surface area contributed by atoms with Crippen molar-refractivity contribution in [3.05, 3.63) is 0 Å². The van der Waals surface area contributed by atoms with E-state index >= 15 is 0 Å². The van der Waals surface area contributed by atoms with Gasteiger partial charge >= 0.3 is 0 Å². The normalized spacial score (nSPS) is 17.8. The molecule has 2 N–H and O–H groups in total. The highest BCUT2D eigenvalue weighted by Crippen LogP contribution is 2.09. The lowest BCUT2D eigenvalue weighted by Crippen LogP contribution is -2.41. The third-order valence-electron chi connectivity index (χ3n) is 3.54. The van der Waals surface area contributed by atoms with Crippen molar-refractivity contribution in [1.82, 2.24) is 15.5 Å². The van der Waals surface area contributed by atoms with Crippen LogP contribution in [0.2, 0.25) is 0 Å². The minimum atomic E-state index is 0.435. The number of likely N-dealkylation sites (tertiary alicyclic amines) is 1. The van der Waals surface area contributed by atoms with Crippen LogP contribution in [0, 0.1) is 0 Å². The molecule has 112 valence electrons. The minimum absolute atomic E-state index is 0.435. The van der Waals surface area contributed by atoms with Gasteiger partial charge in [0.05, 0.1) is 0 Å². The zero-order chi connectivity index (χ0) is 13.9. The van der Waals surface area contributed by atoms with Gasteiger partial charge in [0.2, 0.25) is 0 Å². The summed E-state index contributed by atoms with van der Waals surface area (Å²) in [6.07, 6.45) is 8.10. The average molecular weight is 268 g/mol. The number of guanidine groups is 1. The monoisotopic (exact) mass is 268 g/mol. The molecule has 1 aliphatic heterocycles. The number of nitrogens with zero attached hydrogens (tertiary/aromatic N) is 2. The van der Waals surface area contributed by atoms with Crippen molar-refractivity contribution in [1.29, 1.82) is 0 Å². The maximum Gasteiger partial charge on any atom is 0.191 e. The van der Waals surface area contributed by atoms with Crippen LogP contribution in [0.25, 0.3) is 0 Å². The summed E-state index contributed by atoms with van der Waals surface area (Å²) in [5, 5.41) is 6.67. The van der Waals surface area contributed by atoms with Gasteiger partial charge < -0.3 is 15.5 Å². The number of piperidine rings is 1. The summed E-state index contributed by atoms with van der Waals surface area (Å²) < 4.78 is 0. The fraction of sp³-hybridized carbons (Fsp3) is 0.933. The van der Waals surface area contributed by atoms with E-state index in [1.165, 1.54) is 58.2 Å². The number of hydrogen-bond donors (Lipinski definition) is 2. The Labute approximate surface area is 119 Å². The van der Waals surface area contributed by atoms with Gasteiger partial charge in [-0.2, -0.15) is 0 Å². The number of rotatable bonds is 7. The quantitative estimate of drug-likeness (QED) is 0.422. The van der Waals surface area contributed by atoms with E-state index in [0.29, 0.717) is 6.04 Å². The molecule has 1 aliphatic rings. The summed E-state index contributed by atoms with van der Waals surface area (Å²) in [7, 11) is 1.83. The van der Waals surface area contributed by atoms with Crippen LogP contribution >= 0.6 is 0 Å². The maximum absolute atomic E-state index is 4.21. The van der Waals surface area contributed by atoms with Gasteiger partial charge in [0.1, 0.15) is 0 Å². The first-order valence-corrected chi connectivity index (χ1v) is 7.92. The van der Waals surface area contributed by atoms with Crippen molar-refractivity contribution in [3.63, 3.8) is 0 Å². The Morgan fingerprint density at radius 1 is 1.11 bits per heavy atom. The van der Waals surface area contributed by atoms with Crippen molar-refractivity contribution in [3.8, 4) is 0 Å². The number of hydrogen-bond acceptors (Lipinski definition) is 2. The van der Waals surface area contributed by atoms with Gasteiger partial charge in [0.25, 0.3) is 0 Å². The second-order valence-corrected chi connectivity index (χ2v) is 5.76. The van der Waals surface area contributed by atoms with Crippen molar-refractivity contribution < 1.29 is 0 Å². The maximum atomic E-state index is 4.21. The Morgan fingerprint density at radius 3 is 2.47 bits per heavy atom. The van der Waals surface area contributed by atoms with E-state index < -0.39 is 0 Å². The van der Waals surface area contributed by atoms with Gasteiger partial charge in [-0.3, -0.25) is 4.99 Å². The lowest BCUT2D eigenvalue weighted by Gasteiger charge is -2.26. The SMILES string of the molecule is CN=C(NCCCCCN1CCCCC1)NC(C)C. The lowest BCUT2D eigenvalue weighted by atomic mass is 10.1. The summed E-state index contributed by atoms with van der Waals surface area (Å²) in [5.74, 6) is 0.922. The number of nitrogens with one attached hydrogen (secondary N) is 2. The van der Waals surface area contributed by atoms with Gasteiger partial charge in [-0.25, -0.2) is 0 Å². The predicted octanol–water partition coefficient (Wildman–Crippen LogP) is 2.22. The molecular formula is C15H32N4. The summed E-state index contributed by atoms with van der Waals surface area (Å²) >= 11 is 0. The molecule has 0 amide bonds. The fourth-order valence-electron chi connectivity index (χ4n) is 2.50. The first-order chi connectivity index (χ1) is 9.22. The van der Waals surface area contributed by atoms with Crippen LogP contribution in [-0.2, 0) is 0 Å². The Hall–Kier alpha value is -0.770. The highest BCUT2D eigenvalue weighted by molar-refractivity contribution is 5.79. The molecule has 4 heteroatoms. The zero-order valence-electron chi connectivity index (χ0n) is 13.0. The van der Waals surface area contributed by atoms with E-state index in [2.05, 4.69) is 34.4 Å². The van der Waals surface area contributed by atoms with E-state index in [1.54, 1.807) is 0 Å². The zero-order valence-corrected chi connectivity index (χ0v) is 13.0. The summed E-state index contributed by atoms with van der Waals surface area (Å²) in [4.78, 5) is 6.83. The molecule has 0 atom stereocenters. The topological polar surface area (TPSA) is 39.7 Å².